The minimum absolute atomic E-state index is 0.000694. The van der Waals surface area contributed by atoms with Gasteiger partial charge in [-0.3, -0.25) is 0 Å². The van der Waals surface area contributed by atoms with Gasteiger partial charge in [0.2, 0.25) is 5.95 Å². The minimum Gasteiger partial charge on any atom is -0.352 e. The SMILES string of the molecule is Cc1cn(C)c(NC2CCCS(=O)(=O)C2)n1. The summed E-state index contributed by atoms with van der Waals surface area (Å²) in [6.45, 7) is 1.92. The third-order valence-electron chi connectivity index (χ3n) is 2.79. The molecule has 0 amide bonds. The molecule has 0 spiro atoms. The van der Waals surface area contributed by atoms with Crippen molar-refractivity contribution in [3.63, 3.8) is 0 Å². The van der Waals surface area contributed by atoms with Crippen LogP contribution in [0, 0.1) is 6.92 Å². The van der Waals surface area contributed by atoms with Crippen LogP contribution in [0.3, 0.4) is 0 Å². The van der Waals surface area contributed by atoms with Crippen LogP contribution >= 0.6 is 0 Å². The Morgan fingerprint density at radius 3 is 2.88 bits per heavy atom. The highest BCUT2D eigenvalue weighted by molar-refractivity contribution is 7.91. The first kappa shape index (κ1) is 11.4. The van der Waals surface area contributed by atoms with E-state index in [4.69, 9.17) is 0 Å². The lowest BCUT2D eigenvalue weighted by atomic mass is 10.2. The second-order valence-electron chi connectivity index (χ2n) is 4.41. The molecule has 1 aromatic heterocycles. The van der Waals surface area contributed by atoms with Crippen molar-refractivity contribution >= 4 is 15.8 Å². The predicted octanol–water partition coefficient (Wildman–Crippen LogP) is 0.718. The summed E-state index contributed by atoms with van der Waals surface area (Å²) in [5.74, 6) is 1.29. The Morgan fingerprint density at radius 2 is 2.31 bits per heavy atom. The second kappa shape index (κ2) is 4.08. The minimum atomic E-state index is -2.86. The van der Waals surface area contributed by atoms with E-state index in [1.807, 2.05) is 24.7 Å². The van der Waals surface area contributed by atoms with E-state index in [0.29, 0.717) is 5.75 Å². The summed E-state index contributed by atoms with van der Waals surface area (Å²) < 4.78 is 24.8. The Labute approximate surface area is 95.8 Å². The Kier molecular flexibility index (Phi) is 2.92. The number of hydrogen-bond donors (Lipinski definition) is 1. The average Bonchev–Trinajstić information content (AvgIpc) is 2.43. The lowest BCUT2D eigenvalue weighted by molar-refractivity contribution is 0.560. The molecule has 2 rings (SSSR count). The van der Waals surface area contributed by atoms with Crippen molar-refractivity contribution in [3.05, 3.63) is 11.9 Å². The zero-order valence-corrected chi connectivity index (χ0v) is 10.4. The van der Waals surface area contributed by atoms with Gasteiger partial charge < -0.3 is 9.88 Å². The van der Waals surface area contributed by atoms with Gasteiger partial charge in [-0.2, -0.15) is 0 Å². The highest BCUT2D eigenvalue weighted by atomic mass is 32.2. The molecule has 0 radical (unpaired) electrons. The fraction of sp³-hybridized carbons (Fsp3) is 0.700. The normalized spacial score (nSPS) is 24.2. The number of anilines is 1. The Balaban J connectivity index is 2.07. The number of rotatable bonds is 2. The van der Waals surface area contributed by atoms with Crippen LogP contribution in [0.4, 0.5) is 5.95 Å². The number of imidazole rings is 1. The molecule has 16 heavy (non-hydrogen) atoms. The smallest absolute Gasteiger partial charge is 0.203 e. The number of hydrogen-bond acceptors (Lipinski definition) is 4. The number of nitrogens with zero attached hydrogens (tertiary/aromatic N) is 2. The number of sulfone groups is 1. The van der Waals surface area contributed by atoms with Crippen molar-refractivity contribution in [3.8, 4) is 0 Å². The van der Waals surface area contributed by atoms with Crippen LogP contribution in [-0.4, -0.2) is 35.5 Å². The molecule has 6 heteroatoms. The summed E-state index contributed by atoms with van der Waals surface area (Å²) in [4.78, 5) is 4.31. The molecule has 1 aliphatic heterocycles. The van der Waals surface area contributed by atoms with Crippen LogP contribution in [0.1, 0.15) is 18.5 Å². The van der Waals surface area contributed by atoms with Gasteiger partial charge in [-0.25, -0.2) is 13.4 Å². The fourth-order valence-corrected chi connectivity index (χ4v) is 3.71. The van der Waals surface area contributed by atoms with Gasteiger partial charge in [0.05, 0.1) is 17.2 Å². The van der Waals surface area contributed by atoms with E-state index in [-0.39, 0.29) is 11.8 Å². The summed E-state index contributed by atoms with van der Waals surface area (Å²) in [7, 11) is -0.955. The van der Waals surface area contributed by atoms with Crippen molar-refractivity contribution in [2.75, 3.05) is 16.8 Å². The van der Waals surface area contributed by atoms with Crippen LogP contribution in [-0.2, 0) is 16.9 Å². The summed E-state index contributed by atoms with van der Waals surface area (Å²) in [6.07, 6.45) is 3.55. The first-order valence-electron chi connectivity index (χ1n) is 5.43. The van der Waals surface area contributed by atoms with Gasteiger partial charge >= 0.3 is 0 Å². The monoisotopic (exact) mass is 243 g/mol. The van der Waals surface area contributed by atoms with Crippen molar-refractivity contribution in [1.82, 2.24) is 9.55 Å². The highest BCUT2D eigenvalue weighted by Gasteiger charge is 2.25. The second-order valence-corrected chi connectivity index (χ2v) is 6.64. The van der Waals surface area contributed by atoms with Gasteiger partial charge in [-0.05, 0) is 19.8 Å². The molecule has 90 valence electrons. The van der Waals surface area contributed by atoms with Crippen molar-refractivity contribution in [2.24, 2.45) is 7.05 Å². The molecule has 1 aromatic rings. The molecule has 1 fully saturated rings. The van der Waals surface area contributed by atoms with Gasteiger partial charge in [0, 0.05) is 19.3 Å². The van der Waals surface area contributed by atoms with Gasteiger partial charge in [0.25, 0.3) is 0 Å². The maximum absolute atomic E-state index is 11.5. The third-order valence-corrected chi connectivity index (χ3v) is 4.61. The van der Waals surface area contributed by atoms with E-state index in [1.165, 1.54) is 0 Å². The first-order valence-corrected chi connectivity index (χ1v) is 7.25. The van der Waals surface area contributed by atoms with E-state index >= 15 is 0 Å². The van der Waals surface area contributed by atoms with E-state index in [9.17, 15) is 8.42 Å². The van der Waals surface area contributed by atoms with Gasteiger partial charge in [-0.15, -0.1) is 0 Å². The van der Waals surface area contributed by atoms with E-state index in [2.05, 4.69) is 10.3 Å². The van der Waals surface area contributed by atoms with Gasteiger partial charge in [0.15, 0.2) is 9.84 Å². The summed E-state index contributed by atoms with van der Waals surface area (Å²) in [6, 6.07) is -0.000694. The molecule has 5 nitrogen and oxygen atoms in total. The lowest BCUT2D eigenvalue weighted by Crippen LogP contribution is -2.35. The molecular weight excluding hydrogens is 226 g/mol. The molecule has 0 aliphatic carbocycles. The Hall–Kier alpha value is -1.04. The molecule has 1 unspecified atom stereocenters. The predicted molar refractivity (Wildman–Crippen MR) is 63.2 cm³/mol. The largest absolute Gasteiger partial charge is 0.352 e. The molecular formula is C10H17N3O2S. The molecule has 0 aromatic carbocycles. The quantitative estimate of drug-likeness (QED) is 0.831. The van der Waals surface area contributed by atoms with E-state index in [1.54, 1.807) is 0 Å². The van der Waals surface area contributed by atoms with Crippen LogP contribution < -0.4 is 5.32 Å². The molecule has 1 N–H and O–H groups in total. The van der Waals surface area contributed by atoms with Crippen LogP contribution in [0.5, 0.6) is 0 Å². The Bertz CT molecular complexity index is 478. The molecule has 1 atom stereocenters. The number of nitrogens with one attached hydrogen (secondary N) is 1. The standard InChI is InChI=1S/C10H17N3O2S/c1-8-6-13(2)10(11-8)12-9-4-3-5-16(14,15)7-9/h6,9H,3-5,7H2,1-2H3,(H,11,12). The first-order chi connectivity index (χ1) is 7.46. The summed E-state index contributed by atoms with van der Waals surface area (Å²) in [5.41, 5.74) is 0.934. The zero-order valence-electron chi connectivity index (χ0n) is 9.60. The fourth-order valence-electron chi connectivity index (χ4n) is 2.07. The maximum Gasteiger partial charge on any atom is 0.203 e. The van der Waals surface area contributed by atoms with Crippen LogP contribution in [0.15, 0.2) is 6.20 Å². The molecule has 0 bridgehead atoms. The summed E-state index contributed by atoms with van der Waals surface area (Å²) in [5, 5.41) is 3.20. The molecule has 0 saturated carbocycles. The topological polar surface area (TPSA) is 64.0 Å². The van der Waals surface area contributed by atoms with Crippen molar-refractivity contribution in [1.29, 1.82) is 0 Å². The van der Waals surface area contributed by atoms with Crippen molar-refractivity contribution in [2.45, 2.75) is 25.8 Å². The van der Waals surface area contributed by atoms with Gasteiger partial charge in [0.1, 0.15) is 0 Å². The maximum atomic E-state index is 11.5. The van der Waals surface area contributed by atoms with E-state index < -0.39 is 9.84 Å². The molecule has 1 aliphatic rings. The molecule has 1 saturated heterocycles. The van der Waals surface area contributed by atoms with Crippen molar-refractivity contribution < 1.29 is 8.42 Å². The number of aryl methyl sites for hydroxylation is 2. The van der Waals surface area contributed by atoms with E-state index in [0.717, 1.165) is 24.5 Å². The number of aromatic nitrogens is 2. The summed E-state index contributed by atoms with van der Waals surface area (Å²) >= 11 is 0. The highest BCUT2D eigenvalue weighted by Crippen LogP contribution is 2.16. The lowest BCUT2D eigenvalue weighted by Gasteiger charge is -2.23. The Morgan fingerprint density at radius 1 is 1.56 bits per heavy atom. The third kappa shape index (κ3) is 2.55. The van der Waals surface area contributed by atoms with Crippen LogP contribution in [0.2, 0.25) is 0 Å². The molecule has 2 heterocycles. The zero-order chi connectivity index (χ0) is 11.8. The van der Waals surface area contributed by atoms with Crippen LogP contribution in [0.25, 0.3) is 0 Å². The van der Waals surface area contributed by atoms with Gasteiger partial charge in [-0.1, -0.05) is 0 Å². The average molecular weight is 243 g/mol.